The summed E-state index contributed by atoms with van der Waals surface area (Å²) in [5, 5.41) is 16.5. The summed E-state index contributed by atoms with van der Waals surface area (Å²) in [4.78, 5) is 4.93. The van der Waals surface area contributed by atoms with Gasteiger partial charge in [0.25, 0.3) is 0 Å². The molecule has 3 rings (SSSR count). The smallest absolute Gasteiger partial charge is 0.237 e. The second kappa shape index (κ2) is 8.70. The topological polar surface area (TPSA) is 88.8 Å². The van der Waals surface area contributed by atoms with Crippen molar-refractivity contribution < 1.29 is 19.0 Å². The molecule has 2 aromatic heterocycles. The van der Waals surface area contributed by atoms with Gasteiger partial charge in [0.15, 0.2) is 0 Å². The SMILES string of the molecule is CC[NH+]1CCc2c(C#N)c(NCCOC)[nH+]c(NCc3ccco3)c2C1. The molecule has 7 heteroatoms. The average Bonchev–Trinajstić information content (AvgIpc) is 3.19. The van der Waals surface area contributed by atoms with Crippen LogP contribution in [0.15, 0.2) is 22.8 Å². The first-order valence-electron chi connectivity index (χ1n) is 9.10. The lowest BCUT2D eigenvalue weighted by molar-refractivity contribution is -0.914. The van der Waals surface area contributed by atoms with Crippen LogP contribution in [0.1, 0.15) is 29.4 Å². The van der Waals surface area contributed by atoms with Crippen molar-refractivity contribution in [1.82, 2.24) is 0 Å². The highest BCUT2D eigenvalue weighted by atomic mass is 16.5. The largest absolute Gasteiger partial charge is 0.466 e. The van der Waals surface area contributed by atoms with Gasteiger partial charge in [0.05, 0.1) is 38.1 Å². The minimum absolute atomic E-state index is 0.582. The Morgan fingerprint density at radius 2 is 2.23 bits per heavy atom. The molecule has 1 atom stereocenters. The first-order chi connectivity index (χ1) is 12.8. The van der Waals surface area contributed by atoms with E-state index in [2.05, 4.69) is 28.6 Å². The van der Waals surface area contributed by atoms with E-state index >= 15 is 0 Å². The monoisotopic (exact) mass is 357 g/mol. The van der Waals surface area contributed by atoms with Crippen LogP contribution in [0.25, 0.3) is 0 Å². The lowest BCUT2D eigenvalue weighted by Gasteiger charge is -2.26. The van der Waals surface area contributed by atoms with Crippen molar-refractivity contribution in [2.75, 3.05) is 44.0 Å². The Balaban J connectivity index is 1.93. The van der Waals surface area contributed by atoms with Gasteiger partial charge in [0.1, 0.15) is 30.5 Å². The summed E-state index contributed by atoms with van der Waals surface area (Å²) in [6.45, 7) is 7.07. The minimum Gasteiger partial charge on any atom is -0.466 e. The number of likely N-dealkylation sites (N-methyl/N-ethyl adjacent to an activating group) is 1. The molecule has 2 aromatic rings. The highest BCUT2D eigenvalue weighted by Gasteiger charge is 2.29. The third-order valence-corrected chi connectivity index (χ3v) is 4.86. The number of anilines is 2. The number of nitrogens with zero attached hydrogens (tertiary/aromatic N) is 1. The summed E-state index contributed by atoms with van der Waals surface area (Å²) in [7, 11) is 1.67. The van der Waals surface area contributed by atoms with Gasteiger partial charge < -0.3 is 19.4 Å². The highest BCUT2D eigenvalue weighted by molar-refractivity contribution is 5.60. The van der Waals surface area contributed by atoms with Crippen molar-refractivity contribution >= 4 is 11.6 Å². The number of rotatable bonds is 8. The van der Waals surface area contributed by atoms with E-state index in [9.17, 15) is 5.26 Å². The summed E-state index contributed by atoms with van der Waals surface area (Å²) in [6.07, 6.45) is 2.58. The molecule has 0 radical (unpaired) electrons. The van der Waals surface area contributed by atoms with Gasteiger partial charge in [-0.2, -0.15) is 5.26 Å². The summed E-state index contributed by atoms with van der Waals surface area (Å²) in [5.41, 5.74) is 3.06. The maximum Gasteiger partial charge on any atom is 0.237 e. The standard InChI is InChI=1S/C19H25N5O2/c1-3-24-8-6-15-16(11-20)18(21-7-10-25-2)23-19(17(15)13-24)22-12-14-5-4-9-26-14/h4-5,9H,3,6-8,10,12-13H2,1-2H3,(H2,21,22,23)/p+2. The fourth-order valence-electron chi connectivity index (χ4n) is 3.40. The van der Waals surface area contributed by atoms with Gasteiger partial charge in [-0.05, 0) is 24.6 Å². The molecular formula is C19H27N5O2+2. The normalized spacial score (nSPS) is 16.0. The Morgan fingerprint density at radius 3 is 2.92 bits per heavy atom. The zero-order chi connectivity index (χ0) is 18.4. The van der Waals surface area contributed by atoms with Crippen molar-refractivity contribution in [3.05, 3.63) is 40.8 Å². The molecule has 7 nitrogen and oxygen atoms in total. The van der Waals surface area contributed by atoms with Crippen LogP contribution in [0.2, 0.25) is 0 Å². The number of aromatic amines is 1. The molecule has 3 heterocycles. The zero-order valence-corrected chi connectivity index (χ0v) is 15.4. The molecule has 4 N–H and O–H groups in total. The maximum absolute atomic E-state index is 9.74. The predicted molar refractivity (Wildman–Crippen MR) is 97.9 cm³/mol. The van der Waals surface area contributed by atoms with Gasteiger partial charge in [-0.15, -0.1) is 0 Å². The molecule has 0 aromatic carbocycles. The number of ether oxygens (including phenoxy) is 1. The number of pyridine rings is 1. The first-order valence-corrected chi connectivity index (χ1v) is 9.10. The third kappa shape index (κ3) is 3.98. The van der Waals surface area contributed by atoms with Crippen LogP contribution in [0.4, 0.5) is 11.6 Å². The third-order valence-electron chi connectivity index (χ3n) is 4.86. The molecule has 0 aliphatic carbocycles. The summed E-state index contributed by atoms with van der Waals surface area (Å²) < 4.78 is 10.5. The number of furan rings is 1. The number of nitrogens with one attached hydrogen (secondary N) is 4. The van der Waals surface area contributed by atoms with E-state index in [0.29, 0.717) is 19.7 Å². The first kappa shape index (κ1) is 18.2. The summed E-state index contributed by atoms with van der Waals surface area (Å²) in [6, 6.07) is 6.22. The molecule has 138 valence electrons. The minimum atomic E-state index is 0.582. The van der Waals surface area contributed by atoms with Crippen LogP contribution in [-0.2, 0) is 24.2 Å². The molecule has 1 aliphatic rings. The zero-order valence-electron chi connectivity index (χ0n) is 15.4. The van der Waals surface area contributed by atoms with Crippen molar-refractivity contribution in [2.24, 2.45) is 0 Å². The Kier molecular flexibility index (Phi) is 6.10. The number of nitriles is 1. The van der Waals surface area contributed by atoms with E-state index in [-0.39, 0.29) is 0 Å². The molecule has 0 fully saturated rings. The van der Waals surface area contributed by atoms with Crippen LogP contribution in [0, 0.1) is 11.3 Å². The Morgan fingerprint density at radius 1 is 1.35 bits per heavy atom. The van der Waals surface area contributed by atoms with Gasteiger partial charge in [0, 0.05) is 13.5 Å². The number of aromatic nitrogens is 1. The van der Waals surface area contributed by atoms with Crippen molar-refractivity contribution in [3.63, 3.8) is 0 Å². The van der Waals surface area contributed by atoms with Gasteiger partial charge in [-0.25, -0.2) is 4.98 Å². The second-order valence-electron chi connectivity index (χ2n) is 6.45. The number of quaternary nitrogens is 1. The van der Waals surface area contributed by atoms with E-state index in [1.54, 1.807) is 13.4 Å². The molecule has 0 amide bonds. The molecule has 0 saturated carbocycles. The molecule has 0 spiro atoms. The van der Waals surface area contributed by atoms with Crippen LogP contribution in [-0.4, -0.2) is 33.4 Å². The fraction of sp³-hybridized carbons (Fsp3) is 0.474. The number of methoxy groups -OCH3 is 1. The Hall–Kier alpha value is -2.56. The van der Waals surface area contributed by atoms with Gasteiger partial charge in [0.2, 0.25) is 11.6 Å². The fourth-order valence-corrected chi connectivity index (χ4v) is 3.40. The van der Waals surface area contributed by atoms with Crippen LogP contribution in [0.3, 0.4) is 0 Å². The van der Waals surface area contributed by atoms with Crippen LogP contribution in [0.5, 0.6) is 0 Å². The van der Waals surface area contributed by atoms with Crippen molar-refractivity contribution in [3.8, 4) is 6.07 Å². The molecular weight excluding hydrogens is 330 g/mol. The van der Waals surface area contributed by atoms with Gasteiger partial charge in [-0.1, -0.05) is 0 Å². The van der Waals surface area contributed by atoms with E-state index in [0.717, 1.165) is 54.6 Å². The van der Waals surface area contributed by atoms with Crippen LogP contribution < -0.4 is 20.5 Å². The van der Waals surface area contributed by atoms with Crippen molar-refractivity contribution in [2.45, 2.75) is 26.4 Å². The highest BCUT2D eigenvalue weighted by Crippen LogP contribution is 2.25. The predicted octanol–water partition coefficient (Wildman–Crippen LogP) is 0.597. The number of fused-ring (bicyclic) bond motifs is 1. The Labute approximate surface area is 154 Å². The molecule has 26 heavy (non-hydrogen) atoms. The van der Waals surface area contributed by atoms with Crippen molar-refractivity contribution in [1.29, 1.82) is 5.26 Å². The average molecular weight is 357 g/mol. The van der Waals surface area contributed by atoms with Crippen LogP contribution >= 0.6 is 0 Å². The number of hydrogen-bond acceptors (Lipinski definition) is 5. The number of H-pyrrole nitrogens is 1. The number of hydrogen-bond donors (Lipinski definition) is 3. The lowest BCUT2D eigenvalue weighted by atomic mass is 9.95. The van der Waals surface area contributed by atoms with E-state index < -0.39 is 0 Å². The Bertz CT molecular complexity index is 767. The quantitative estimate of drug-likeness (QED) is 0.602. The molecule has 1 unspecified atom stereocenters. The molecule has 1 aliphatic heterocycles. The lowest BCUT2D eigenvalue weighted by Crippen LogP contribution is -3.11. The molecule has 0 bridgehead atoms. The van der Waals surface area contributed by atoms with Gasteiger partial charge >= 0.3 is 0 Å². The van der Waals surface area contributed by atoms with E-state index in [4.69, 9.17) is 9.15 Å². The van der Waals surface area contributed by atoms with E-state index in [1.807, 2.05) is 12.1 Å². The molecule has 0 saturated heterocycles. The maximum atomic E-state index is 9.74. The van der Waals surface area contributed by atoms with Gasteiger partial charge in [-0.3, -0.25) is 5.32 Å². The summed E-state index contributed by atoms with van der Waals surface area (Å²) in [5.74, 6) is 2.59. The van der Waals surface area contributed by atoms with E-state index in [1.165, 1.54) is 10.5 Å². The summed E-state index contributed by atoms with van der Waals surface area (Å²) >= 11 is 0. The second-order valence-corrected chi connectivity index (χ2v) is 6.45.